The SMILES string of the molecule is CC(C)O[Si](C)(C)OC(C)C. The van der Waals surface area contributed by atoms with E-state index in [0.29, 0.717) is 0 Å². The molecule has 0 aromatic carbocycles. The quantitative estimate of drug-likeness (QED) is 0.613. The van der Waals surface area contributed by atoms with Crippen molar-refractivity contribution in [1.82, 2.24) is 0 Å². The normalized spacial score (nSPS) is 13.1. The van der Waals surface area contributed by atoms with Gasteiger partial charge in [-0.25, -0.2) is 0 Å². The lowest BCUT2D eigenvalue weighted by atomic mass is 10.5. The molecule has 11 heavy (non-hydrogen) atoms. The first-order valence-corrected chi connectivity index (χ1v) is 7.01. The van der Waals surface area contributed by atoms with Gasteiger partial charge in [-0.05, 0) is 40.8 Å². The number of hydrogen-bond donors (Lipinski definition) is 0. The van der Waals surface area contributed by atoms with E-state index in [0.717, 1.165) is 0 Å². The minimum Gasteiger partial charge on any atom is -0.392 e. The molecule has 0 spiro atoms. The molecule has 0 bridgehead atoms. The molecule has 0 saturated heterocycles. The lowest BCUT2D eigenvalue weighted by Crippen LogP contribution is -2.39. The average molecular weight is 176 g/mol. The molecule has 0 aliphatic rings. The van der Waals surface area contributed by atoms with E-state index in [1.807, 2.05) is 27.7 Å². The molecule has 0 amide bonds. The van der Waals surface area contributed by atoms with Crippen molar-refractivity contribution in [1.29, 1.82) is 0 Å². The van der Waals surface area contributed by atoms with Crippen LogP contribution in [0.15, 0.2) is 0 Å². The third kappa shape index (κ3) is 6.53. The van der Waals surface area contributed by atoms with E-state index in [1.165, 1.54) is 0 Å². The predicted octanol–water partition coefficient (Wildman–Crippen LogP) is 2.54. The smallest absolute Gasteiger partial charge is 0.332 e. The van der Waals surface area contributed by atoms with Gasteiger partial charge in [-0.2, -0.15) is 0 Å². The second-order valence-corrected chi connectivity index (χ2v) is 7.00. The summed E-state index contributed by atoms with van der Waals surface area (Å²) in [6.45, 7) is 12.3. The van der Waals surface area contributed by atoms with E-state index >= 15 is 0 Å². The molecule has 0 saturated carbocycles. The minimum atomic E-state index is -1.83. The summed E-state index contributed by atoms with van der Waals surface area (Å²) in [4.78, 5) is 0. The van der Waals surface area contributed by atoms with Gasteiger partial charge in [0.05, 0.1) is 0 Å². The molecule has 2 nitrogen and oxygen atoms in total. The van der Waals surface area contributed by atoms with Gasteiger partial charge < -0.3 is 8.85 Å². The van der Waals surface area contributed by atoms with Gasteiger partial charge in [-0.1, -0.05) is 0 Å². The van der Waals surface area contributed by atoms with Crippen molar-refractivity contribution >= 4 is 8.56 Å². The van der Waals surface area contributed by atoms with Crippen molar-refractivity contribution in [2.24, 2.45) is 0 Å². The number of rotatable bonds is 4. The molecule has 0 rings (SSSR count). The Bertz CT molecular complexity index is 98.7. The van der Waals surface area contributed by atoms with E-state index < -0.39 is 8.56 Å². The van der Waals surface area contributed by atoms with Crippen LogP contribution in [-0.4, -0.2) is 20.8 Å². The van der Waals surface area contributed by atoms with Gasteiger partial charge in [0, 0.05) is 12.2 Å². The van der Waals surface area contributed by atoms with Crippen LogP contribution in [0.5, 0.6) is 0 Å². The zero-order valence-electron chi connectivity index (χ0n) is 8.47. The van der Waals surface area contributed by atoms with Crippen LogP contribution in [0.3, 0.4) is 0 Å². The average Bonchev–Trinajstić information content (AvgIpc) is 1.53. The molecule has 0 unspecified atom stereocenters. The Labute approximate surface area is 71.1 Å². The molecule has 3 heteroatoms. The van der Waals surface area contributed by atoms with E-state index in [9.17, 15) is 0 Å². The maximum atomic E-state index is 5.67. The summed E-state index contributed by atoms with van der Waals surface area (Å²) in [6.07, 6.45) is 0.547. The van der Waals surface area contributed by atoms with Crippen LogP contribution in [0.4, 0.5) is 0 Å². The maximum absolute atomic E-state index is 5.67. The molecule has 0 atom stereocenters. The topological polar surface area (TPSA) is 18.5 Å². The highest BCUT2D eigenvalue weighted by Gasteiger charge is 2.26. The standard InChI is InChI=1S/C8H20O2Si/c1-7(2)9-11(5,6)10-8(3)4/h7-8H,1-6H3. The van der Waals surface area contributed by atoms with E-state index in [2.05, 4.69) is 13.1 Å². The lowest BCUT2D eigenvalue weighted by Gasteiger charge is -2.27. The molecule has 68 valence electrons. The molecular weight excluding hydrogens is 156 g/mol. The molecule has 0 fully saturated rings. The van der Waals surface area contributed by atoms with Crippen molar-refractivity contribution in [3.05, 3.63) is 0 Å². The summed E-state index contributed by atoms with van der Waals surface area (Å²) in [5.74, 6) is 0. The van der Waals surface area contributed by atoms with E-state index in [1.54, 1.807) is 0 Å². The van der Waals surface area contributed by atoms with Crippen molar-refractivity contribution in [2.75, 3.05) is 0 Å². The molecule has 0 radical (unpaired) electrons. The van der Waals surface area contributed by atoms with Crippen molar-refractivity contribution in [3.63, 3.8) is 0 Å². The Morgan fingerprint density at radius 3 is 1.27 bits per heavy atom. The molecule has 0 aliphatic carbocycles. The Kier molecular flexibility index (Phi) is 4.29. The minimum absolute atomic E-state index is 0.274. The van der Waals surface area contributed by atoms with Crippen molar-refractivity contribution in [2.45, 2.75) is 53.0 Å². The highest BCUT2D eigenvalue weighted by molar-refractivity contribution is 6.64. The van der Waals surface area contributed by atoms with Crippen LogP contribution in [0, 0.1) is 0 Å². The molecule has 0 heterocycles. The fourth-order valence-corrected chi connectivity index (χ4v) is 3.49. The van der Waals surface area contributed by atoms with E-state index in [4.69, 9.17) is 8.85 Å². The molecule has 0 N–H and O–H groups in total. The second-order valence-electron chi connectivity index (χ2n) is 3.73. The van der Waals surface area contributed by atoms with Gasteiger partial charge in [-0.3, -0.25) is 0 Å². The number of hydrogen-bond acceptors (Lipinski definition) is 2. The third-order valence-electron chi connectivity index (χ3n) is 1.04. The molecule has 0 aliphatic heterocycles. The maximum Gasteiger partial charge on any atom is 0.332 e. The Morgan fingerprint density at radius 2 is 1.09 bits per heavy atom. The van der Waals surface area contributed by atoms with E-state index in [-0.39, 0.29) is 12.2 Å². The highest BCUT2D eigenvalue weighted by Crippen LogP contribution is 2.11. The van der Waals surface area contributed by atoms with Crippen LogP contribution in [-0.2, 0) is 8.85 Å². The first-order valence-electron chi connectivity index (χ1n) is 4.19. The Hall–Kier alpha value is 0.137. The Balaban J connectivity index is 3.79. The summed E-state index contributed by atoms with van der Waals surface area (Å²) in [7, 11) is -1.83. The summed E-state index contributed by atoms with van der Waals surface area (Å²) in [5, 5.41) is 0. The third-order valence-corrected chi connectivity index (χ3v) is 3.12. The fourth-order valence-electron chi connectivity index (χ4n) is 1.16. The fraction of sp³-hybridized carbons (Fsp3) is 1.00. The lowest BCUT2D eigenvalue weighted by molar-refractivity contribution is 0.114. The second kappa shape index (κ2) is 4.23. The van der Waals surface area contributed by atoms with Crippen molar-refractivity contribution < 1.29 is 8.85 Å². The summed E-state index contributed by atoms with van der Waals surface area (Å²) in [5.41, 5.74) is 0. The summed E-state index contributed by atoms with van der Waals surface area (Å²) >= 11 is 0. The van der Waals surface area contributed by atoms with Gasteiger partial charge >= 0.3 is 8.56 Å². The first kappa shape index (κ1) is 11.1. The van der Waals surface area contributed by atoms with Crippen LogP contribution in [0.25, 0.3) is 0 Å². The zero-order valence-corrected chi connectivity index (χ0v) is 9.47. The predicted molar refractivity (Wildman–Crippen MR) is 49.9 cm³/mol. The Morgan fingerprint density at radius 1 is 0.818 bits per heavy atom. The van der Waals surface area contributed by atoms with Crippen LogP contribution in [0.2, 0.25) is 13.1 Å². The molecule has 0 aromatic heterocycles. The van der Waals surface area contributed by atoms with Gasteiger partial charge in [0.25, 0.3) is 0 Å². The molecule has 0 aromatic rings. The summed E-state index contributed by atoms with van der Waals surface area (Å²) in [6, 6.07) is 0. The zero-order chi connectivity index (χ0) is 9.07. The van der Waals surface area contributed by atoms with Crippen LogP contribution in [0.1, 0.15) is 27.7 Å². The van der Waals surface area contributed by atoms with Gasteiger partial charge in [0.2, 0.25) is 0 Å². The van der Waals surface area contributed by atoms with Crippen LogP contribution < -0.4 is 0 Å². The largest absolute Gasteiger partial charge is 0.392 e. The van der Waals surface area contributed by atoms with Gasteiger partial charge in [0.1, 0.15) is 0 Å². The van der Waals surface area contributed by atoms with Crippen molar-refractivity contribution in [3.8, 4) is 0 Å². The first-order chi connectivity index (χ1) is 4.83. The monoisotopic (exact) mass is 176 g/mol. The van der Waals surface area contributed by atoms with Gasteiger partial charge in [0.15, 0.2) is 0 Å². The van der Waals surface area contributed by atoms with Gasteiger partial charge in [-0.15, -0.1) is 0 Å². The van der Waals surface area contributed by atoms with Crippen LogP contribution >= 0.6 is 0 Å². The summed E-state index contributed by atoms with van der Waals surface area (Å²) < 4.78 is 11.3. The molecular formula is C8H20O2Si. The highest BCUT2D eigenvalue weighted by atomic mass is 28.4.